The van der Waals surface area contributed by atoms with E-state index in [0.717, 1.165) is 19.4 Å². The van der Waals surface area contributed by atoms with Crippen molar-refractivity contribution < 1.29 is 19.6 Å². The van der Waals surface area contributed by atoms with Crippen LogP contribution in [0.5, 0.6) is 0 Å². The van der Waals surface area contributed by atoms with Crippen molar-refractivity contribution >= 4 is 17.7 Å². The van der Waals surface area contributed by atoms with Crippen molar-refractivity contribution in [3.63, 3.8) is 0 Å². The van der Waals surface area contributed by atoms with Crippen LogP contribution < -0.4 is 10.8 Å². The summed E-state index contributed by atoms with van der Waals surface area (Å²) in [5.41, 5.74) is 1.50. The lowest BCUT2D eigenvalue weighted by Crippen LogP contribution is -2.35. The summed E-state index contributed by atoms with van der Waals surface area (Å²) >= 11 is 0. The number of hydrogen-bond donors (Lipinski definition) is 3. The quantitative estimate of drug-likeness (QED) is 0.360. The third kappa shape index (κ3) is 5.71. The predicted molar refractivity (Wildman–Crippen MR) is 76.4 cm³/mol. The Balaban J connectivity index is 2.17. The molecule has 0 radical (unpaired) electrons. The normalized spacial score (nSPS) is 19.2. The predicted octanol–water partition coefficient (Wildman–Crippen LogP) is 0.425. The highest BCUT2D eigenvalue weighted by atomic mass is 16.5. The van der Waals surface area contributed by atoms with Crippen LogP contribution in [0.15, 0.2) is 0 Å². The summed E-state index contributed by atoms with van der Waals surface area (Å²) in [5.74, 6) is -1.20. The van der Waals surface area contributed by atoms with Gasteiger partial charge in [0.1, 0.15) is 0 Å². The molecular formula is C14H25N3O4. The molecule has 0 bridgehead atoms. The first-order valence-corrected chi connectivity index (χ1v) is 7.45. The SMILES string of the molecule is C[C@H](CC(=O)NO)C(=O)NCCCC(=O)N1CCC[C@H]1C. The van der Waals surface area contributed by atoms with Crippen LogP contribution in [0.25, 0.3) is 0 Å². The maximum atomic E-state index is 12.0. The fourth-order valence-corrected chi connectivity index (χ4v) is 2.49. The Morgan fingerprint density at radius 2 is 2.10 bits per heavy atom. The molecule has 3 amide bonds. The second kappa shape index (κ2) is 8.61. The molecule has 0 aromatic rings. The van der Waals surface area contributed by atoms with E-state index in [4.69, 9.17) is 5.21 Å². The number of likely N-dealkylation sites (tertiary alicyclic amines) is 1. The number of nitrogens with zero attached hydrogens (tertiary/aromatic N) is 1. The van der Waals surface area contributed by atoms with E-state index in [1.54, 1.807) is 6.92 Å². The summed E-state index contributed by atoms with van der Waals surface area (Å²) in [5, 5.41) is 11.1. The van der Waals surface area contributed by atoms with Gasteiger partial charge in [-0.15, -0.1) is 0 Å². The summed E-state index contributed by atoms with van der Waals surface area (Å²) in [6.45, 7) is 4.92. The first-order valence-electron chi connectivity index (χ1n) is 7.45. The zero-order chi connectivity index (χ0) is 15.8. The van der Waals surface area contributed by atoms with Gasteiger partial charge in [0.15, 0.2) is 0 Å². The Morgan fingerprint density at radius 1 is 1.38 bits per heavy atom. The van der Waals surface area contributed by atoms with Crippen LogP contribution in [0.2, 0.25) is 0 Å². The van der Waals surface area contributed by atoms with E-state index in [-0.39, 0.29) is 18.2 Å². The van der Waals surface area contributed by atoms with Gasteiger partial charge in [-0.2, -0.15) is 0 Å². The first kappa shape index (κ1) is 17.4. The van der Waals surface area contributed by atoms with Crippen molar-refractivity contribution in [2.75, 3.05) is 13.1 Å². The van der Waals surface area contributed by atoms with Crippen molar-refractivity contribution in [2.45, 2.75) is 52.0 Å². The zero-order valence-corrected chi connectivity index (χ0v) is 12.7. The summed E-state index contributed by atoms with van der Waals surface area (Å²) in [4.78, 5) is 36.5. The van der Waals surface area contributed by atoms with Crippen molar-refractivity contribution in [3.8, 4) is 0 Å². The summed E-state index contributed by atoms with van der Waals surface area (Å²) in [6.07, 6.45) is 3.08. The molecule has 120 valence electrons. The van der Waals surface area contributed by atoms with Crippen LogP contribution in [0.1, 0.15) is 46.0 Å². The lowest BCUT2D eigenvalue weighted by molar-refractivity contribution is -0.134. The molecule has 1 rings (SSSR count). The number of carbonyl (C=O) groups is 3. The molecule has 2 atom stereocenters. The maximum Gasteiger partial charge on any atom is 0.244 e. The van der Waals surface area contributed by atoms with E-state index in [2.05, 4.69) is 12.2 Å². The van der Waals surface area contributed by atoms with Crippen molar-refractivity contribution in [1.82, 2.24) is 15.7 Å². The van der Waals surface area contributed by atoms with Gasteiger partial charge in [0.2, 0.25) is 17.7 Å². The molecule has 0 saturated carbocycles. The first-order chi connectivity index (χ1) is 9.95. The molecule has 0 unspecified atom stereocenters. The molecule has 0 aliphatic carbocycles. The number of carbonyl (C=O) groups excluding carboxylic acids is 3. The lowest BCUT2D eigenvalue weighted by Gasteiger charge is -2.21. The van der Waals surface area contributed by atoms with Gasteiger partial charge in [-0.1, -0.05) is 6.92 Å². The summed E-state index contributed by atoms with van der Waals surface area (Å²) in [6, 6.07) is 0.323. The number of rotatable bonds is 7. The molecule has 21 heavy (non-hydrogen) atoms. The van der Waals surface area contributed by atoms with Gasteiger partial charge in [-0.3, -0.25) is 19.6 Å². The molecular weight excluding hydrogens is 274 g/mol. The zero-order valence-electron chi connectivity index (χ0n) is 12.7. The average Bonchev–Trinajstić information content (AvgIpc) is 2.89. The van der Waals surface area contributed by atoms with E-state index in [1.165, 1.54) is 5.48 Å². The van der Waals surface area contributed by atoms with Gasteiger partial charge in [0.25, 0.3) is 0 Å². The second-order valence-corrected chi connectivity index (χ2v) is 5.61. The van der Waals surface area contributed by atoms with E-state index in [0.29, 0.717) is 25.4 Å². The Labute approximate surface area is 125 Å². The number of nitrogens with one attached hydrogen (secondary N) is 2. The molecule has 1 fully saturated rings. The molecule has 1 aliphatic heterocycles. The van der Waals surface area contributed by atoms with Crippen molar-refractivity contribution in [2.24, 2.45) is 5.92 Å². The van der Waals surface area contributed by atoms with E-state index >= 15 is 0 Å². The molecule has 3 N–H and O–H groups in total. The lowest BCUT2D eigenvalue weighted by atomic mass is 10.1. The topological polar surface area (TPSA) is 98.7 Å². The van der Waals surface area contributed by atoms with Gasteiger partial charge in [0.05, 0.1) is 0 Å². The van der Waals surface area contributed by atoms with Crippen LogP contribution in [0.3, 0.4) is 0 Å². The van der Waals surface area contributed by atoms with Crippen LogP contribution >= 0.6 is 0 Å². The smallest absolute Gasteiger partial charge is 0.244 e. The van der Waals surface area contributed by atoms with Gasteiger partial charge < -0.3 is 10.2 Å². The maximum absolute atomic E-state index is 12.0. The van der Waals surface area contributed by atoms with Gasteiger partial charge in [-0.05, 0) is 26.2 Å². The van der Waals surface area contributed by atoms with Crippen molar-refractivity contribution in [1.29, 1.82) is 0 Å². The molecule has 1 saturated heterocycles. The monoisotopic (exact) mass is 299 g/mol. The Hall–Kier alpha value is -1.63. The van der Waals surface area contributed by atoms with Gasteiger partial charge >= 0.3 is 0 Å². The van der Waals surface area contributed by atoms with Gasteiger partial charge in [0, 0.05) is 37.9 Å². The standard InChI is InChI=1S/C14H25N3O4/c1-10(9-12(18)16-21)14(20)15-7-3-6-13(19)17-8-4-5-11(17)2/h10-11,21H,3-9H2,1-2H3,(H,15,20)(H,16,18)/t10-,11-/m1/s1. The van der Waals surface area contributed by atoms with Crippen LogP contribution in [0, 0.1) is 5.92 Å². The Morgan fingerprint density at radius 3 is 2.67 bits per heavy atom. The number of hydrogen-bond acceptors (Lipinski definition) is 4. The molecule has 7 heteroatoms. The van der Waals surface area contributed by atoms with E-state index < -0.39 is 11.8 Å². The summed E-state index contributed by atoms with van der Waals surface area (Å²) < 4.78 is 0. The molecule has 0 spiro atoms. The summed E-state index contributed by atoms with van der Waals surface area (Å²) in [7, 11) is 0. The highest BCUT2D eigenvalue weighted by Gasteiger charge is 2.24. The van der Waals surface area contributed by atoms with Gasteiger partial charge in [-0.25, -0.2) is 5.48 Å². The van der Waals surface area contributed by atoms with E-state index in [1.807, 2.05) is 4.90 Å². The fourth-order valence-electron chi connectivity index (χ4n) is 2.49. The highest BCUT2D eigenvalue weighted by molar-refractivity contribution is 5.85. The molecule has 0 aromatic carbocycles. The molecule has 0 aromatic heterocycles. The van der Waals surface area contributed by atoms with Crippen LogP contribution in [0.4, 0.5) is 0 Å². The molecule has 1 heterocycles. The van der Waals surface area contributed by atoms with Crippen LogP contribution in [-0.4, -0.2) is 47.0 Å². The third-order valence-electron chi connectivity index (χ3n) is 3.80. The number of amides is 3. The fraction of sp³-hybridized carbons (Fsp3) is 0.786. The minimum Gasteiger partial charge on any atom is -0.356 e. The largest absolute Gasteiger partial charge is 0.356 e. The van der Waals surface area contributed by atoms with Crippen LogP contribution in [-0.2, 0) is 14.4 Å². The average molecular weight is 299 g/mol. The Kier molecular flexibility index (Phi) is 7.14. The second-order valence-electron chi connectivity index (χ2n) is 5.61. The number of hydroxylamine groups is 1. The van der Waals surface area contributed by atoms with E-state index in [9.17, 15) is 14.4 Å². The minimum atomic E-state index is -0.587. The van der Waals surface area contributed by atoms with Crippen molar-refractivity contribution in [3.05, 3.63) is 0 Å². The third-order valence-corrected chi connectivity index (χ3v) is 3.80. The molecule has 7 nitrogen and oxygen atoms in total. The highest BCUT2D eigenvalue weighted by Crippen LogP contribution is 2.17. The Bertz CT molecular complexity index is 386. The minimum absolute atomic E-state index is 0.0629. The molecule has 1 aliphatic rings.